The van der Waals surface area contributed by atoms with Crippen molar-refractivity contribution >= 4 is 5.82 Å². The number of hydrogen-bond donors (Lipinski definition) is 1. The summed E-state index contributed by atoms with van der Waals surface area (Å²) in [5, 5.41) is 18.0. The zero-order chi connectivity index (χ0) is 18.1. The number of para-hydroxylation sites is 1. The van der Waals surface area contributed by atoms with Gasteiger partial charge < -0.3 is 5.32 Å². The first-order valence-corrected chi connectivity index (χ1v) is 9.11. The van der Waals surface area contributed by atoms with Crippen LogP contribution in [0.5, 0.6) is 0 Å². The average Bonchev–Trinajstić information content (AvgIpc) is 2.82. The number of nitrogens with zero attached hydrogens (tertiary/aromatic N) is 3. The molecule has 0 aliphatic carbocycles. The molecule has 0 radical (unpaired) electrons. The molecule has 0 bridgehead atoms. The van der Waals surface area contributed by atoms with Crippen molar-refractivity contribution in [3.63, 3.8) is 0 Å². The van der Waals surface area contributed by atoms with Gasteiger partial charge in [0.15, 0.2) is 0 Å². The monoisotopic (exact) mass is 342 g/mol. The predicted molar refractivity (Wildman–Crippen MR) is 105 cm³/mol. The summed E-state index contributed by atoms with van der Waals surface area (Å²) >= 11 is 0. The van der Waals surface area contributed by atoms with Crippen molar-refractivity contribution in [3.8, 4) is 23.0 Å². The van der Waals surface area contributed by atoms with Gasteiger partial charge in [0.1, 0.15) is 11.9 Å². The van der Waals surface area contributed by atoms with Gasteiger partial charge in [0, 0.05) is 17.7 Å². The first-order chi connectivity index (χ1) is 12.7. The molecule has 4 rings (SSSR count). The van der Waals surface area contributed by atoms with E-state index in [4.69, 9.17) is 5.10 Å². The second-order valence-electron chi connectivity index (χ2n) is 6.98. The fraction of sp³-hybridized carbons (Fsp3) is 0.273. The molecular weight excluding hydrogens is 320 g/mol. The summed E-state index contributed by atoms with van der Waals surface area (Å²) < 4.78 is 1.92. The fourth-order valence-corrected chi connectivity index (χ4v) is 3.77. The molecule has 0 unspecified atom stereocenters. The molecule has 0 saturated heterocycles. The van der Waals surface area contributed by atoms with Crippen molar-refractivity contribution in [1.29, 1.82) is 5.26 Å². The van der Waals surface area contributed by atoms with Crippen LogP contribution in [0.2, 0.25) is 0 Å². The van der Waals surface area contributed by atoms with Gasteiger partial charge >= 0.3 is 0 Å². The summed E-state index contributed by atoms with van der Waals surface area (Å²) in [6, 6.07) is 16.5. The van der Waals surface area contributed by atoms with Crippen LogP contribution in [0.4, 0.5) is 5.82 Å². The van der Waals surface area contributed by atoms with E-state index in [0.29, 0.717) is 5.56 Å². The number of anilines is 1. The highest BCUT2D eigenvalue weighted by molar-refractivity contribution is 5.73. The van der Waals surface area contributed by atoms with E-state index in [1.807, 2.05) is 28.9 Å². The number of aryl methyl sites for hydroxylation is 2. The second kappa shape index (κ2) is 6.68. The topological polar surface area (TPSA) is 53.6 Å². The predicted octanol–water partition coefficient (Wildman–Crippen LogP) is 4.78. The van der Waals surface area contributed by atoms with E-state index in [0.717, 1.165) is 48.6 Å². The minimum atomic E-state index is 0.635. The SMILES string of the molecule is Cc1cc(C)cc(-c2nn(-c3ccccc3C#N)c3c2CCCCN3)c1. The van der Waals surface area contributed by atoms with Crippen molar-refractivity contribution in [2.45, 2.75) is 33.1 Å². The molecule has 1 aliphatic rings. The third-order valence-corrected chi connectivity index (χ3v) is 4.88. The Hall–Kier alpha value is -3.06. The maximum atomic E-state index is 9.52. The van der Waals surface area contributed by atoms with Gasteiger partial charge in [-0.25, -0.2) is 4.68 Å². The van der Waals surface area contributed by atoms with Crippen molar-refractivity contribution in [2.24, 2.45) is 0 Å². The highest BCUT2D eigenvalue weighted by atomic mass is 15.3. The van der Waals surface area contributed by atoms with E-state index < -0.39 is 0 Å². The lowest BCUT2D eigenvalue weighted by Crippen LogP contribution is -2.08. The highest BCUT2D eigenvalue weighted by Crippen LogP contribution is 2.35. The molecule has 4 nitrogen and oxygen atoms in total. The second-order valence-corrected chi connectivity index (χ2v) is 6.98. The summed E-state index contributed by atoms with van der Waals surface area (Å²) in [4.78, 5) is 0. The molecule has 0 saturated carbocycles. The molecule has 1 aliphatic heterocycles. The zero-order valence-corrected chi connectivity index (χ0v) is 15.2. The highest BCUT2D eigenvalue weighted by Gasteiger charge is 2.23. The third kappa shape index (κ3) is 2.86. The molecule has 0 atom stereocenters. The lowest BCUT2D eigenvalue weighted by atomic mass is 10.00. The van der Waals surface area contributed by atoms with Crippen LogP contribution >= 0.6 is 0 Å². The van der Waals surface area contributed by atoms with Gasteiger partial charge in [0.2, 0.25) is 0 Å². The van der Waals surface area contributed by atoms with E-state index in [2.05, 4.69) is 43.4 Å². The summed E-state index contributed by atoms with van der Waals surface area (Å²) in [5.74, 6) is 1.03. The first kappa shape index (κ1) is 16.4. The Morgan fingerprint density at radius 1 is 1.08 bits per heavy atom. The Morgan fingerprint density at radius 3 is 2.62 bits per heavy atom. The number of nitriles is 1. The molecule has 1 aromatic heterocycles. The molecule has 2 aromatic carbocycles. The average molecular weight is 342 g/mol. The van der Waals surface area contributed by atoms with E-state index in [1.165, 1.54) is 16.7 Å². The Kier molecular flexibility index (Phi) is 4.22. The maximum Gasteiger partial charge on any atom is 0.133 e. The largest absolute Gasteiger partial charge is 0.370 e. The van der Waals surface area contributed by atoms with E-state index >= 15 is 0 Å². The van der Waals surface area contributed by atoms with Gasteiger partial charge in [-0.15, -0.1) is 0 Å². The van der Waals surface area contributed by atoms with Crippen LogP contribution in [0.1, 0.15) is 35.1 Å². The minimum absolute atomic E-state index is 0.635. The third-order valence-electron chi connectivity index (χ3n) is 4.88. The Labute approximate surface area is 154 Å². The molecule has 2 heterocycles. The number of benzene rings is 2. The molecule has 0 amide bonds. The first-order valence-electron chi connectivity index (χ1n) is 9.11. The summed E-state index contributed by atoms with van der Waals surface area (Å²) in [6.07, 6.45) is 3.28. The molecule has 0 fully saturated rings. The lowest BCUT2D eigenvalue weighted by molar-refractivity contribution is 0.780. The van der Waals surface area contributed by atoms with E-state index in [1.54, 1.807) is 0 Å². The van der Waals surface area contributed by atoms with Crippen LogP contribution in [0.3, 0.4) is 0 Å². The maximum absolute atomic E-state index is 9.52. The number of hydrogen-bond acceptors (Lipinski definition) is 3. The molecule has 3 aromatic rings. The van der Waals surface area contributed by atoms with Crippen LogP contribution in [-0.2, 0) is 6.42 Å². The zero-order valence-electron chi connectivity index (χ0n) is 15.2. The van der Waals surface area contributed by atoms with Gasteiger partial charge in [-0.2, -0.15) is 10.4 Å². The van der Waals surface area contributed by atoms with Gasteiger partial charge in [-0.1, -0.05) is 29.3 Å². The molecular formula is C22H22N4. The normalized spacial score (nSPS) is 13.4. The van der Waals surface area contributed by atoms with E-state index in [9.17, 15) is 5.26 Å². The van der Waals surface area contributed by atoms with Gasteiger partial charge in [0.05, 0.1) is 16.9 Å². The van der Waals surface area contributed by atoms with Crippen LogP contribution in [0.25, 0.3) is 16.9 Å². The summed E-state index contributed by atoms with van der Waals surface area (Å²) in [7, 11) is 0. The molecule has 0 spiro atoms. The number of fused-ring (bicyclic) bond motifs is 1. The molecule has 1 N–H and O–H groups in total. The van der Waals surface area contributed by atoms with Gasteiger partial charge in [-0.05, 0) is 57.4 Å². The Morgan fingerprint density at radius 2 is 1.85 bits per heavy atom. The van der Waals surface area contributed by atoms with Gasteiger partial charge in [-0.3, -0.25) is 0 Å². The van der Waals surface area contributed by atoms with E-state index in [-0.39, 0.29) is 0 Å². The van der Waals surface area contributed by atoms with Crippen molar-refractivity contribution in [3.05, 3.63) is 64.7 Å². The molecule has 4 heteroatoms. The molecule has 130 valence electrons. The van der Waals surface area contributed by atoms with Crippen molar-refractivity contribution < 1.29 is 0 Å². The van der Waals surface area contributed by atoms with Crippen LogP contribution < -0.4 is 5.32 Å². The quantitative estimate of drug-likeness (QED) is 0.729. The molecule has 26 heavy (non-hydrogen) atoms. The fourth-order valence-electron chi connectivity index (χ4n) is 3.77. The van der Waals surface area contributed by atoms with Crippen LogP contribution in [0.15, 0.2) is 42.5 Å². The summed E-state index contributed by atoms with van der Waals surface area (Å²) in [5.41, 5.74) is 7.36. The van der Waals surface area contributed by atoms with Gasteiger partial charge in [0.25, 0.3) is 0 Å². The summed E-state index contributed by atoms with van der Waals surface area (Å²) in [6.45, 7) is 5.17. The van der Waals surface area contributed by atoms with Crippen LogP contribution in [0, 0.1) is 25.2 Å². The standard InChI is InChI=1S/C22H22N4/c1-15-11-16(2)13-18(12-15)21-19-8-5-6-10-24-22(19)26(25-21)20-9-4-3-7-17(20)14-23/h3-4,7,9,11-13,24H,5-6,8,10H2,1-2H3. The van der Waals surface area contributed by atoms with Crippen molar-refractivity contribution in [2.75, 3.05) is 11.9 Å². The minimum Gasteiger partial charge on any atom is -0.370 e. The lowest BCUT2D eigenvalue weighted by Gasteiger charge is -2.10. The Bertz CT molecular complexity index is 987. The Balaban J connectivity index is 1.97. The smallest absolute Gasteiger partial charge is 0.133 e. The van der Waals surface area contributed by atoms with Crippen LogP contribution in [-0.4, -0.2) is 16.3 Å². The number of nitrogens with one attached hydrogen (secondary N) is 1. The number of aromatic nitrogens is 2. The van der Waals surface area contributed by atoms with Crippen molar-refractivity contribution in [1.82, 2.24) is 9.78 Å². The number of rotatable bonds is 2.